The van der Waals surface area contributed by atoms with Gasteiger partial charge in [-0.3, -0.25) is 0 Å². The molecule has 0 bridgehead atoms. The Morgan fingerprint density at radius 3 is 2.50 bits per heavy atom. The molecule has 0 radical (unpaired) electrons. The van der Waals surface area contributed by atoms with Gasteiger partial charge in [0.2, 0.25) is 0 Å². The van der Waals surface area contributed by atoms with E-state index in [9.17, 15) is 4.79 Å². The summed E-state index contributed by atoms with van der Waals surface area (Å²) in [5.41, 5.74) is 0. The van der Waals surface area contributed by atoms with Crippen LogP contribution in [-0.2, 0) is 9.53 Å². The molecular weight excluding hydrogens is 180 g/mol. The van der Waals surface area contributed by atoms with Crippen molar-refractivity contribution in [3.05, 3.63) is 12.7 Å². The SMILES string of the molecule is C=CC(=O)OCCCCCC(C)C.O. The van der Waals surface area contributed by atoms with E-state index < -0.39 is 0 Å². The Bertz CT molecular complexity index is 153. The third kappa shape index (κ3) is 11.2. The first-order chi connectivity index (χ1) is 6.16. The van der Waals surface area contributed by atoms with Gasteiger partial charge < -0.3 is 10.2 Å². The van der Waals surface area contributed by atoms with Gasteiger partial charge in [0.1, 0.15) is 0 Å². The van der Waals surface area contributed by atoms with E-state index in [0.717, 1.165) is 18.8 Å². The lowest BCUT2D eigenvalue weighted by Gasteiger charge is -2.04. The zero-order valence-corrected chi connectivity index (χ0v) is 9.21. The number of unbranched alkanes of at least 4 members (excludes halogenated alkanes) is 2. The second-order valence-electron chi connectivity index (χ2n) is 3.61. The first-order valence-electron chi connectivity index (χ1n) is 4.96. The summed E-state index contributed by atoms with van der Waals surface area (Å²) in [5, 5.41) is 0. The van der Waals surface area contributed by atoms with Crippen LogP contribution in [0.15, 0.2) is 12.7 Å². The smallest absolute Gasteiger partial charge is 0.330 e. The maximum atomic E-state index is 10.6. The molecule has 0 fully saturated rings. The highest BCUT2D eigenvalue weighted by Gasteiger charge is 1.96. The van der Waals surface area contributed by atoms with Crippen molar-refractivity contribution in [1.29, 1.82) is 0 Å². The van der Waals surface area contributed by atoms with E-state index in [1.165, 1.54) is 18.9 Å². The summed E-state index contributed by atoms with van der Waals surface area (Å²) in [6, 6.07) is 0. The molecule has 3 heteroatoms. The number of carbonyl (C=O) groups excluding carboxylic acids is 1. The maximum absolute atomic E-state index is 10.6. The normalized spacial score (nSPS) is 9.36. The fourth-order valence-corrected chi connectivity index (χ4v) is 1.06. The minimum Gasteiger partial charge on any atom is -0.463 e. The highest BCUT2D eigenvalue weighted by Crippen LogP contribution is 2.07. The van der Waals surface area contributed by atoms with E-state index in [-0.39, 0.29) is 11.4 Å². The third-order valence-electron chi connectivity index (χ3n) is 1.84. The van der Waals surface area contributed by atoms with Gasteiger partial charge in [0.25, 0.3) is 0 Å². The Labute approximate surface area is 86.5 Å². The summed E-state index contributed by atoms with van der Waals surface area (Å²) in [4.78, 5) is 10.6. The Balaban J connectivity index is 0. The van der Waals surface area contributed by atoms with Crippen molar-refractivity contribution in [2.45, 2.75) is 39.5 Å². The molecule has 14 heavy (non-hydrogen) atoms. The van der Waals surface area contributed by atoms with E-state index in [0.29, 0.717) is 6.61 Å². The van der Waals surface area contributed by atoms with Gasteiger partial charge >= 0.3 is 5.97 Å². The van der Waals surface area contributed by atoms with Crippen LogP contribution >= 0.6 is 0 Å². The van der Waals surface area contributed by atoms with Crippen LogP contribution in [0.2, 0.25) is 0 Å². The van der Waals surface area contributed by atoms with E-state index in [1.807, 2.05) is 0 Å². The summed E-state index contributed by atoms with van der Waals surface area (Å²) in [5.74, 6) is 0.458. The Kier molecular flexibility index (Phi) is 11.4. The van der Waals surface area contributed by atoms with E-state index in [1.54, 1.807) is 0 Å². The van der Waals surface area contributed by atoms with Gasteiger partial charge in [-0.25, -0.2) is 4.79 Å². The maximum Gasteiger partial charge on any atom is 0.330 e. The Hall–Kier alpha value is -0.830. The highest BCUT2D eigenvalue weighted by atomic mass is 16.5. The molecule has 84 valence electrons. The summed E-state index contributed by atoms with van der Waals surface area (Å²) >= 11 is 0. The van der Waals surface area contributed by atoms with Crippen molar-refractivity contribution in [3.63, 3.8) is 0 Å². The zero-order chi connectivity index (χ0) is 10.1. The molecule has 0 saturated carbocycles. The van der Waals surface area contributed by atoms with Crippen LogP contribution in [0.3, 0.4) is 0 Å². The van der Waals surface area contributed by atoms with E-state index >= 15 is 0 Å². The molecule has 0 aromatic rings. The predicted molar refractivity (Wildman–Crippen MR) is 58.1 cm³/mol. The van der Waals surface area contributed by atoms with Crippen LogP contribution < -0.4 is 0 Å². The number of ether oxygens (including phenoxy) is 1. The molecule has 0 aromatic heterocycles. The summed E-state index contributed by atoms with van der Waals surface area (Å²) in [6.07, 6.45) is 5.79. The third-order valence-corrected chi connectivity index (χ3v) is 1.84. The summed E-state index contributed by atoms with van der Waals surface area (Å²) in [7, 11) is 0. The molecule has 0 aliphatic carbocycles. The molecule has 2 N–H and O–H groups in total. The molecule has 0 amide bonds. The topological polar surface area (TPSA) is 57.8 Å². The van der Waals surface area contributed by atoms with Crippen molar-refractivity contribution < 1.29 is 15.0 Å². The standard InChI is InChI=1S/C11H20O2.H2O/c1-4-11(12)13-9-7-5-6-8-10(2)3;/h4,10H,1,5-9H2,2-3H3;1H2. The minimum atomic E-state index is -0.316. The van der Waals surface area contributed by atoms with Gasteiger partial charge in [-0.05, 0) is 12.3 Å². The summed E-state index contributed by atoms with van der Waals surface area (Å²) < 4.78 is 4.84. The largest absolute Gasteiger partial charge is 0.463 e. The lowest BCUT2D eigenvalue weighted by atomic mass is 10.1. The van der Waals surface area contributed by atoms with E-state index in [2.05, 4.69) is 20.4 Å². The van der Waals surface area contributed by atoms with Crippen LogP contribution in [0.5, 0.6) is 0 Å². The molecule has 0 atom stereocenters. The molecular formula is C11H22O3. The van der Waals surface area contributed by atoms with E-state index in [4.69, 9.17) is 4.74 Å². The van der Waals surface area contributed by atoms with Gasteiger partial charge in [0.15, 0.2) is 0 Å². The summed E-state index contributed by atoms with van der Waals surface area (Å²) in [6.45, 7) is 8.29. The fourth-order valence-electron chi connectivity index (χ4n) is 1.06. The van der Waals surface area contributed by atoms with Gasteiger partial charge in [-0.15, -0.1) is 0 Å². The molecule has 0 aliphatic heterocycles. The number of hydrogen-bond acceptors (Lipinski definition) is 2. The Morgan fingerprint density at radius 2 is 2.00 bits per heavy atom. The average Bonchev–Trinajstić information content (AvgIpc) is 2.10. The molecule has 0 heterocycles. The quantitative estimate of drug-likeness (QED) is 0.360. The first kappa shape index (κ1) is 15.6. The predicted octanol–water partition coefficient (Wildman–Crippen LogP) is 2.11. The zero-order valence-electron chi connectivity index (χ0n) is 9.21. The van der Waals surface area contributed by atoms with Gasteiger partial charge in [-0.1, -0.05) is 39.7 Å². The van der Waals surface area contributed by atoms with Gasteiger partial charge in [0.05, 0.1) is 6.61 Å². The van der Waals surface area contributed by atoms with Crippen LogP contribution in [-0.4, -0.2) is 18.1 Å². The number of rotatable bonds is 7. The Morgan fingerprint density at radius 1 is 1.36 bits per heavy atom. The van der Waals surface area contributed by atoms with Crippen molar-refractivity contribution in [1.82, 2.24) is 0 Å². The second-order valence-corrected chi connectivity index (χ2v) is 3.61. The number of hydrogen-bond donors (Lipinski definition) is 0. The van der Waals surface area contributed by atoms with Crippen molar-refractivity contribution in [2.75, 3.05) is 6.61 Å². The average molecular weight is 202 g/mol. The van der Waals surface area contributed by atoms with Crippen LogP contribution in [0.25, 0.3) is 0 Å². The lowest BCUT2D eigenvalue weighted by molar-refractivity contribution is -0.137. The molecule has 0 saturated heterocycles. The monoisotopic (exact) mass is 202 g/mol. The molecule has 0 spiro atoms. The molecule has 0 aromatic carbocycles. The lowest BCUT2D eigenvalue weighted by Crippen LogP contribution is -2.01. The highest BCUT2D eigenvalue weighted by molar-refractivity contribution is 5.81. The molecule has 0 aliphatic rings. The number of carbonyl (C=O) groups is 1. The molecule has 0 rings (SSSR count). The van der Waals surface area contributed by atoms with Crippen LogP contribution in [0.4, 0.5) is 0 Å². The van der Waals surface area contributed by atoms with Gasteiger partial charge in [0, 0.05) is 6.08 Å². The fraction of sp³-hybridized carbons (Fsp3) is 0.727. The molecule has 3 nitrogen and oxygen atoms in total. The van der Waals surface area contributed by atoms with Crippen LogP contribution in [0.1, 0.15) is 39.5 Å². The van der Waals surface area contributed by atoms with Crippen LogP contribution in [0, 0.1) is 5.92 Å². The number of esters is 1. The van der Waals surface area contributed by atoms with Crippen molar-refractivity contribution >= 4 is 5.97 Å². The minimum absolute atomic E-state index is 0. The molecule has 0 unspecified atom stereocenters. The van der Waals surface area contributed by atoms with Crippen molar-refractivity contribution in [3.8, 4) is 0 Å². The van der Waals surface area contributed by atoms with Crippen molar-refractivity contribution in [2.24, 2.45) is 5.92 Å². The second kappa shape index (κ2) is 10.3. The first-order valence-corrected chi connectivity index (χ1v) is 4.96. The van der Waals surface area contributed by atoms with Gasteiger partial charge in [-0.2, -0.15) is 0 Å².